The van der Waals surface area contributed by atoms with E-state index >= 15 is 0 Å². The number of carbonyl (C=O) groups is 1. The molecule has 4 nitrogen and oxygen atoms in total. The fourth-order valence-electron chi connectivity index (χ4n) is 3.24. The predicted molar refractivity (Wildman–Crippen MR) is 101 cm³/mol. The second-order valence-electron chi connectivity index (χ2n) is 6.70. The van der Waals surface area contributed by atoms with Gasteiger partial charge in [0.25, 0.3) is 5.91 Å². The maximum atomic E-state index is 13.4. The molecule has 2 unspecified atom stereocenters. The summed E-state index contributed by atoms with van der Waals surface area (Å²) in [6, 6.07) is 14.1. The molecule has 0 saturated carbocycles. The maximum Gasteiger partial charge on any atom is 0.253 e. The molecule has 0 bridgehead atoms. The smallest absolute Gasteiger partial charge is 0.253 e. The van der Waals surface area contributed by atoms with Crippen LogP contribution in [-0.2, 0) is 0 Å². The van der Waals surface area contributed by atoms with Gasteiger partial charge in [-0.25, -0.2) is 4.39 Å². The van der Waals surface area contributed by atoms with Gasteiger partial charge in [0.05, 0.1) is 0 Å². The lowest BCUT2D eigenvalue weighted by molar-refractivity contribution is 0.0791. The SMILES string of the molecule is CN(CCCC1CC(c2cccc(F)c2)NN1)C(=O)c1ccc(Cl)cc1. The number of nitrogens with zero attached hydrogens (tertiary/aromatic N) is 1. The molecule has 3 rings (SSSR count). The molecule has 1 saturated heterocycles. The van der Waals surface area contributed by atoms with E-state index in [0.717, 1.165) is 24.8 Å². The summed E-state index contributed by atoms with van der Waals surface area (Å²) in [7, 11) is 1.81. The highest BCUT2D eigenvalue weighted by atomic mass is 35.5. The Bertz CT molecular complexity index is 753. The quantitative estimate of drug-likeness (QED) is 0.803. The number of hydrazine groups is 1. The van der Waals surface area contributed by atoms with Gasteiger partial charge in [-0.05, 0) is 61.2 Å². The summed E-state index contributed by atoms with van der Waals surface area (Å²) < 4.78 is 13.4. The molecule has 2 aromatic rings. The van der Waals surface area contributed by atoms with Crippen molar-refractivity contribution in [3.8, 4) is 0 Å². The fourth-order valence-corrected chi connectivity index (χ4v) is 3.37. The summed E-state index contributed by atoms with van der Waals surface area (Å²) in [6.45, 7) is 0.685. The zero-order valence-corrected chi connectivity index (χ0v) is 15.5. The Hall–Kier alpha value is -1.95. The first-order chi connectivity index (χ1) is 12.5. The lowest BCUT2D eigenvalue weighted by Crippen LogP contribution is -2.32. The largest absolute Gasteiger partial charge is 0.342 e. The van der Waals surface area contributed by atoms with Crippen LogP contribution in [-0.4, -0.2) is 30.4 Å². The van der Waals surface area contributed by atoms with E-state index in [9.17, 15) is 9.18 Å². The van der Waals surface area contributed by atoms with Crippen molar-refractivity contribution in [3.05, 3.63) is 70.5 Å². The Kier molecular flexibility index (Phi) is 6.25. The monoisotopic (exact) mass is 375 g/mol. The summed E-state index contributed by atoms with van der Waals surface area (Å²) in [5.41, 5.74) is 8.10. The van der Waals surface area contributed by atoms with Gasteiger partial charge in [0.15, 0.2) is 0 Å². The number of halogens is 2. The predicted octanol–water partition coefficient (Wildman–Crippen LogP) is 3.94. The van der Waals surface area contributed by atoms with Crippen LogP contribution in [0.3, 0.4) is 0 Å². The second-order valence-corrected chi connectivity index (χ2v) is 7.14. The number of rotatable bonds is 6. The minimum absolute atomic E-state index is 0.00295. The molecule has 1 amide bonds. The lowest BCUT2D eigenvalue weighted by Gasteiger charge is -2.18. The topological polar surface area (TPSA) is 44.4 Å². The summed E-state index contributed by atoms with van der Waals surface area (Å²) in [5, 5.41) is 0.622. The number of hydrogen-bond acceptors (Lipinski definition) is 3. The lowest BCUT2D eigenvalue weighted by atomic mass is 9.99. The zero-order valence-electron chi connectivity index (χ0n) is 14.7. The van der Waals surface area contributed by atoms with Gasteiger partial charge in [-0.15, -0.1) is 0 Å². The first-order valence-corrected chi connectivity index (χ1v) is 9.18. The van der Waals surface area contributed by atoms with Crippen LogP contribution in [0.5, 0.6) is 0 Å². The Labute approximate surface area is 158 Å². The van der Waals surface area contributed by atoms with Crippen LogP contribution in [0.2, 0.25) is 5.02 Å². The summed E-state index contributed by atoms with van der Waals surface area (Å²) in [6.07, 6.45) is 2.74. The van der Waals surface area contributed by atoms with Gasteiger partial charge in [0.1, 0.15) is 5.82 Å². The van der Waals surface area contributed by atoms with E-state index in [-0.39, 0.29) is 17.8 Å². The van der Waals surface area contributed by atoms with E-state index in [1.165, 1.54) is 6.07 Å². The van der Waals surface area contributed by atoms with Gasteiger partial charge >= 0.3 is 0 Å². The highest BCUT2D eigenvalue weighted by Gasteiger charge is 2.25. The van der Waals surface area contributed by atoms with Crippen LogP contribution in [0.15, 0.2) is 48.5 Å². The number of benzene rings is 2. The minimum atomic E-state index is -0.213. The van der Waals surface area contributed by atoms with Crippen LogP contribution >= 0.6 is 11.6 Å². The Balaban J connectivity index is 1.43. The van der Waals surface area contributed by atoms with E-state index < -0.39 is 0 Å². The van der Waals surface area contributed by atoms with Crippen molar-refractivity contribution in [1.29, 1.82) is 0 Å². The molecule has 2 aromatic carbocycles. The van der Waals surface area contributed by atoms with Gasteiger partial charge < -0.3 is 4.90 Å². The van der Waals surface area contributed by atoms with Gasteiger partial charge in [-0.2, -0.15) is 0 Å². The van der Waals surface area contributed by atoms with E-state index in [1.807, 2.05) is 13.1 Å². The van der Waals surface area contributed by atoms with Crippen LogP contribution in [0.1, 0.15) is 41.2 Å². The van der Waals surface area contributed by atoms with Crippen molar-refractivity contribution < 1.29 is 9.18 Å². The third-order valence-corrected chi connectivity index (χ3v) is 4.97. The molecule has 138 valence electrons. The number of amides is 1. The molecule has 2 atom stereocenters. The van der Waals surface area contributed by atoms with E-state index in [4.69, 9.17) is 11.6 Å². The van der Waals surface area contributed by atoms with E-state index in [2.05, 4.69) is 10.9 Å². The minimum Gasteiger partial charge on any atom is -0.342 e. The molecule has 0 spiro atoms. The van der Waals surface area contributed by atoms with Gasteiger partial charge in [0, 0.05) is 36.3 Å². The van der Waals surface area contributed by atoms with E-state index in [1.54, 1.807) is 41.3 Å². The molecular weight excluding hydrogens is 353 g/mol. The third-order valence-electron chi connectivity index (χ3n) is 4.72. The Morgan fingerprint density at radius 1 is 1.23 bits per heavy atom. The average Bonchev–Trinajstić information content (AvgIpc) is 3.10. The van der Waals surface area contributed by atoms with Crippen molar-refractivity contribution in [2.75, 3.05) is 13.6 Å². The van der Waals surface area contributed by atoms with Crippen LogP contribution < -0.4 is 10.9 Å². The molecule has 0 radical (unpaired) electrons. The third kappa shape index (κ3) is 4.81. The molecule has 1 aliphatic heterocycles. The highest BCUT2D eigenvalue weighted by molar-refractivity contribution is 6.30. The standard InChI is InChI=1S/C20H23ClFN3O/c1-25(20(26)14-7-9-16(21)10-8-14)11-3-6-18-13-19(24-23-18)15-4-2-5-17(22)12-15/h2,4-5,7-10,12,18-19,23-24H,3,6,11,13H2,1H3. The van der Waals surface area contributed by atoms with Crippen molar-refractivity contribution in [2.24, 2.45) is 0 Å². The Morgan fingerprint density at radius 3 is 2.73 bits per heavy atom. The molecule has 0 aliphatic carbocycles. The molecule has 1 heterocycles. The normalized spacial score (nSPS) is 19.5. The van der Waals surface area contributed by atoms with Crippen LogP contribution in [0, 0.1) is 5.82 Å². The first-order valence-electron chi connectivity index (χ1n) is 8.80. The van der Waals surface area contributed by atoms with Crippen molar-refractivity contribution >= 4 is 17.5 Å². The maximum absolute atomic E-state index is 13.4. The molecule has 0 aromatic heterocycles. The Morgan fingerprint density at radius 2 is 2.00 bits per heavy atom. The van der Waals surface area contributed by atoms with E-state index in [0.29, 0.717) is 23.2 Å². The number of nitrogens with one attached hydrogen (secondary N) is 2. The van der Waals surface area contributed by atoms with Crippen LogP contribution in [0.25, 0.3) is 0 Å². The fraction of sp³-hybridized carbons (Fsp3) is 0.350. The van der Waals surface area contributed by atoms with Gasteiger partial charge in [-0.3, -0.25) is 15.6 Å². The molecule has 1 fully saturated rings. The zero-order chi connectivity index (χ0) is 18.5. The second kappa shape index (κ2) is 8.62. The summed E-state index contributed by atoms with van der Waals surface area (Å²) in [5.74, 6) is -0.216. The van der Waals surface area contributed by atoms with Gasteiger partial charge in [-0.1, -0.05) is 23.7 Å². The average molecular weight is 376 g/mol. The molecule has 2 N–H and O–H groups in total. The number of hydrogen-bond donors (Lipinski definition) is 2. The summed E-state index contributed by atoms with van der Waals surface area (Å²) >= 11 is 5.86. The van der Waals surface area contributed by atoms with Gasteiger partial charge in [0.2, 0.25) is 0 Å². The highest BCUT2D eigenvalue weighted by Crippen LogP contribution is 2.24. The molecule has 6 heteroatoms. The number of carbonyl (C=O) groups excluding carboxylic acids is 1. The van der Waals surface area contributed by atoms with Crippen molar-refractivity contribution in [1.82, 2.24) is 15.8 Å². The first kappa shape index (κ1) is 18.8. The van der Waals surface area contributed by atoms with Crippen LogP contribution in [0.4, 0.5) is 4.39 Å². The summed E-state index contributed by atoms with van der Waals surface area (Å²) in [4.78, 5) is 14.1. The molecule has 26 heavy (non-hydrogen) atoms. The van der Waals surface area contributed by atoms with Crippen molar-refractivity contribution in [3.63, 3.8) is 0 Å². The van der Waals surface area contributed by atoms with Crippen molar-refractivity contribution in [2.45, 2.75) is 31.3 Å². The molecule has 1 aliphatic rings. The molecular formula is C20H23ClFN3O.